The van der Waals surface area contributed by atoms with Gasteiger partial charge in [-0.3, -0.25) is 0 Å². The van der Waals surface area contributed by atoms with Crippen molar-refractivity contribution in [1.29, 1.82) is 0 Å². The monoisotopic (exact) mass is 180 g/mol. The van der Waals surface area contributed by atoms with E-state index >= 15 is 0 Å². The van der Waals surface area contributed by atoms with Crippen LogP contribution in [0, 0.1) is 5.92 Å². The molecule has 1 aromatic heterocycles. The summed E-state index contributed by atoms with van der Waals surface area (Å²) >= 11 is 0. The van der Waals surface area contributed by atoms with Crippen molar-refractivity contribution in [3.8, 4) is 0 Å². The second-order valence-corrected chi connectivity index (χ2v) is 3.45. The highest BCUT2D eigenvalue weighted by Gasteiger charge is 1.99. The molecule has 0 radical (unpaired) electrons. The van der Waals surface area contributed by atoms with Gasteiger partial charge in [0.05, 0.1) is 5.69 Å². The van der Waals surface area contributed by atoms with Crippen LogP contribution in [0.5, 0.6) is 0 Å². The number of nitrogens with zero attached hydrogens (tertiary/aromatic N) is 1. The predicted octanol–water partition coefficient (Wildman–Crippen LogP) is 1.31. The fourth-order valence-electron chi connectivity index (χ4n) is 0.893. The number of hydrogen-bond donors (Lipinski definition) is 3. The zero-order valence-corrected chi connectivity index (χ0v) is 8.04. The lowest BCUT2D eigenvalue weighted by molar-refractivity contribution is 0.687. The van der Waals surface area contributed by atoms with Crippen molar-refractivity contribution in [3.05, 3.63) is 12.1 Å². The number of nitrogen functional groups attached to an aromatic ring is 2. The smallest absolute Gasteiger partial charge is 0.149 e. The van der Waals surface area contributed by atoms with Gasteiger partial charge in [-0.1, -0.05) is 13.8 Å². The third-order valence-corrected chi connectivity index (χ3v) is 1.65. The molecule has 4 heteroatoms. The maximum atomic E-state index is 5.55. The molecular weight excluding hydrogens is 164 g/mol. The van der Waals surface area contributed by atoms with Crippen molar-refractivity contribution in [2.75, 3.05) is 23.3 Å². The zero-order chi connectivity index (χ0) is 9.84. The first-order valence-electron chi connectivity index (χ1n) is 4.35. The first kappa shape index (κ1) is 9.64. The summed E-state index contributed by atoms with van der Waals surface area (Å²) in [5.41, 5.74) is 11.6. The van der Waals surface area contributed by atoms with Crippen LogP contribution in [0.25, 0.3) is 0 Å². The van der Waals surface area contributed by atoms with Gasteiger partial charge in [-0.25, -0.2) is 4.98 Å². The van der Waals surface area contributed by atoms with Crippen LogP contribution >= 0.6 is 0 Å². The molecule has 0 aliphatic rings. The van der Waals surface area contributed by atoms with E-state index in [2.05, 4.69) is 24.1 Å². The molecule has 1 rings (SSSR count). The number of hydrogen-bond acceptors (Lipinski definition) is 4. The first-order valence-corrected chi connectivity index (χ1v) is 4.35. The van der Waals surface area contributed by atoms with Gasteiger partial charge in [0.1, 0.15) is 11.6 Å². The van der Waals surface area contributed by atoms with E-state index in [1.165, 1.54) is 0 Å². The maximum absolute atomic E-state index is 5.55. The number of rotatable bonds is 3. The van der Waals surface area contributed by atoms with E-state index in [0.29, 0.717) is 17.4 Å². The highest BCUT2D eigenvalue weighted by molar-refractivity contribution is 5.61. The van der Waals surface area contributed by atoms with Crippen molar-refractivity contribution in [2.24, 2.45) is 5.92 Å². The molecule has 0 bridgehead atoms. The van der Waals surface area contributed by atoms with E-state index in [1.807, 2.05) is 6.07 Å². The normalized spacial score (nSPS) is 10.4. The standard InChI is InChI=1S/C9H16N4/c1-6(2)5-12-8-4-3-7(10)9(11)13-8/h3-4,6H,5,10H2,1-2H3,(H3,11,12,13). The van der Waals surface area contributed by atoms with Gasteiger partial charge in [-0.15, -0.1) is 0 Å². The number of nitrogens with one attached hydrogen (secondary N) is 1. The molecule has 72 valence electrons. The predicted molar refractivity (Wildman–Crippen MR) is 56.4 cm³/mol. The van der Waals surface area contributed by atoms with Crippen LogP contribution in [0.4, 0.5) is 17.3 Å². The molecule has 0 saturated carbocycles. The fourth-order valence-corrected chi connectivity index (χ4v) is 0.893. The Morgan fingerprint density at radius 2 is 2.08 bits per heavy atom. The number of nitrogens with two attached hydrogens (primary N) is 2. The molecule has 0 spiro atoms. The summed E-state index contributed by atoms with van der Waals surface area (Å²) in [5, 5.41) is 3.17. The summed E-state index contributed by atoms with van der Waals surface area (Å²) in [6.07, 6.45) is 0. The number of pyridine rings is 1. The average Bonchev–Trinajstić information content (AvgIpc) is 2.07. The van der Waals surface area contributed by atoms with Crippen LogP contribution in [-0.4, -0.2) is 11.5 Å². The third-order valence-electron chi connectivity index (χ3n) is 1.65. The van der Waals surface area contributed by atoms with Crippen LogP contribution in [0.2, 0.25) is 0 Å². The van der Waals surface area contributed by atoms with Crippen LogP contribution in [0.15, 0.2) is 12.1 Å². The summed E-state index contributed by atoms with van der Waals surface area (Å²) in [6, 6.07) is 3.58. The Hall–Kier alpha value is -1.45. The second kappa shape index (κ2) is 3.98. The molecule has 5 N–H and O–H groups in total. The summed E-state index contributed by atoms with van der Waals surface area (Å²) < 4.78 is 0. The van der Waals surface area contributed by atoms with Gasteiger partial charge in [0.2, 0.25) is 0 Å². The van der Waals surface area contributed by atoms with Gasteiger partial charge < -0.3 is 16.8 Å². The van der Waals surface area contributed by atoms with Crippen molar-refractivity contribution in [2.45, 2.75) is 13.8 Å². The van der Waals surface area contributed by atoms with E-state index < -0.39 is 0 Å². The maximum Gasteiger partial charge on any atom is 0.149 e. The Bertz CT molecular complexity index is 283. The van der Waals surface area contributed by atoms with Crippen molar-refractivity contribution < 1.29 is 0 Å². The fraction of sp³-hybridized carbons (Fsp3) is 0.444. The highest BCUT2D eigenvalue weighted by Crippen LogP contribution is 2.14. The molecule has 0 aliphatic carbocycles. The van der Waals surface area contributed by atoms with E-state index in [0.717, 1.165) is 12.4 Å². The summed E-state index contributed by atoms with van der Waals surface area (Å²) in [4.78, 5) is 4.09. The molecule has 0 saturated heterocycles. The van der Waals surface area contributed by atoms with Crippen molar-refractivity contribution in [3.63, 3.8) is 0 Å². The summed E-state index contributed by atoms with van der Waals surface area (Å²) in [6.45, 7) is 5.15. The minimum absolute atomic E-state index is 0.383. The number of aromatic nitrogens is 1. The Kier molecular flexibility index (Phi) is 2.95. The van der Waals surface area contributed by atoms with Crippen LogP contribution in [-0.2, 0) is 0 Å². The molecule has 0 fully saturated rings. The SMILES string of the molecule is CC(C)CNc1ccc(N)c(N)n1. The van der Waals surface area contributed by atoms with Crippen LogP contribution < -0.4 is 16.8 Å². The molecule has 0 aliphatic heterocycles. The largest absolute Gasteiger partial charge is 0.396 e. The average molecular weight is 180 g/mol. The van der Waals surface area contributed by atoms with Gasteiger partial charge >= 0.3 is 0 Å². The molecule has 0 unspecified atom stereocenters. The second-order valence-electron chi connectivity index (χ2n) is 3.45. The first-order chi connectivity index (χ1) is 6.09. The quantitative estimate of drug-likeness (QED) is 0.655. The minimum Gasteiger partial charge on any atom is -0.396 e. The molecule has 13 heavy (non-hydrogen) atoms. The lowest BCUT2D eigenvalue weighted by atomic mass is 10.2. The van der Waals surface area contributed by atoms with Crippen molar-refractivity contribution >= 4 is 17.3 Å². The Morgan fingerprint density at radius 1 is 1.38 bits per heavy atom. The molecule has 0 atom stereocenters. The zero-order valence-electron chi connectivity index (χ0n) is 8.04. The Balaban J connectivity index is 2.63. The molecular formula is C9H16N4. The lowest BCUT2D eigenvalue weighted by Crippen LogP contribution is -2.10. The molecule has 1 aromatic rings. The van der Waals surface area contributed by atoms with E-state index in [9.17, 15) is 0 Å². The van der Waals surface area contributed by atoms with Gasteiger partial charge in [0, 0.05) is 6.54 Å². The van der Waals surface area contributed by atoms with Crippen molar-refractivity contribution in [1.82, 2.24) is 4.98 Å². The van der Waals surface area contributed by atoms with E-state index in [-0.39, 0.29) is 0 Å². The Labute approximate surface area is 78.3 Å². The minimum atomic E-state index is 0.383. The topological polar surface area (TPSA) is 77.0 Å². The highest BCUT2D eigenvalue weighted by atomic mass is 15.0. The third kappa shape index (κ3) is 2.82. The van der Waals surface area contributed by atoms with Gasteiger partial charge in [0.15, 0.2) is 0 Å². The molecule has 4 nitrogen and oxygen atoms in total. The number of anilines is 3. The summed E-state index contributed by atoms with van der Waals surface area (Å²) in [5.74, 6) is 1.75. The van der Waals surface area contributed by atoms with Gasteiger partial charge in [-0.05, 0) is 18.1 Å². The molecule has 0 aromatic carbocycles. The molecule has 0 amide bonds. The lowest BCUT2D eigenvalue weighted by Gasteiger charge is -2.08. The van der Waals surface area contributed by atoms with Gasteiger partial charge in [0.25, 0.3) is 0 Å². The summed E-state index contributed by atoms with van der Waals surface area (Å²) in [7, 11) is 0. The van der Waals surface area contributed by atoms with Crippen LogP contribution in [0.3, 0.4) is 0 Å². The van der Waals surface area contributed by atoms with Crippen LogP contribution in [0.1, 0.15) is 13.8 Å². The van der Waals surface area contributed by atoms with Gasteiger partial charge in [-0.2, -0.15) is 0 Å². The molecule has 1 heterocycles. The van der Waals surface area contributed by atoms with E-state index in [4.69, 9.17) is 11.5 Å². The van der Waals surface area contributed by atoms with E-state index in [1.54, 1.807) is 6.07 Å². The Morgan fingerprint density at radius 3 is 2.62 bits per heavy atom.